The maximum absolute atomic E-state index is 13.4. The van der Waals surface area contributed by atoms with Crippen LogP contribution < -0.4 is 24.9 Å². The van der Waals surface area contributed by atoms with E-state index in [-0.39, 0.29) is 50.0 Å². The Hall–Kier alpha value is -4.50. The first-order chi connectivity index (χ1) is 28.9. The monoisotopic (exact) mass is 865 g/mol. The van der Waals surface area contributed by atoms with Crippen molar-refractivity contribution in [1.29, 1.82) is 0 Å². The number of ether oxygens (including phenoxy) is 3. The van der Waals surface area contributed by atoms with E-state index in [1.807, 2.05) is 36.4 Å². The Bertz CT molecular complexity index is 2450. The molecule has 1 unspecified atom stereocenters. The van der Waals surface area contributed by atoms with Gasteiger partial charge in [0.1, 0.15) is 29.3 Å². The van der Waals surface area contributed by atoms with E-state index in [2.05, 4.69) is 59.1 Å². The van der Waals surface area contributed by atoms with E-state index in [1.165, 1.54) is 12.1 Å². The zero-order valence-electron chi connectivity index (χ0n) is 34.9. The van der Waals surface area contributed by atoms with Gasteiger partial charge in [0, 0.05) is 78.9 Å². The van der Waals surface area contributed by atoms with E-state index in [0.29, 0.717) is 52.2 Å². The number of nitrogens with one attached hydrogen (secondary N) is 2. The maximum atomic E-state index is 13.4. The molecule has 6 rings (SSSR count). The molecule has 3 aliphatic carbocycles. The molecule has 0 bridgehead atoms. The molecule has 2 aromatic carbocycles. The molecule has 1 fully saturated rings. The second-order valence-corrected chi connectivity index (χ2v) is 18.0. The summed E-state index contributed by atoms with van der Waals surface area (Å²) in [6, 6.07) is 15.1. The van der Waals surface area contributed by atoms with Gasteiger partial charge in [0.2, 0.25) is 15.4 Å². The second kappa shape index (κ2) is 20.4. The van der Waals surface area contributed by atoms with E-state index in [9.17, 15) is 26.2 Å². The van der Waals surface area contributed by atoms with Crippen molar-refractivity contribution in [2.45, 2.75) is 63.2 Å². The lowest BCUT2D eigenvalue weighted by Crippen LogP contribution is -2.29. The molecule has 16 heteroatoms. The van der Waals surface area contributed by atoms with Crippen LogP contribution >= 0.6 is 0 Å². The predicted octanol–water partition coefficient (Wildman–Crippen LogP) is 5.59. The van der Waals surface area contributed by atoms with Gasteiger partial charge < -0.3 is 28.8 Å². The number of rotatable bonds is 20. The Kier molecular flexibility index (Phi) is 15.3. The van der Waals surface area contributed by atoms with Crippen molar-refractivity contribution < 1.29 is 44.8 Å². The van der Waals surface area contributed by atoms with Crippen LogP contribution in [0.25, 0.3) is 33.4 Å². The summed E-state index contributed by atoms with van der Waals surface area (Å²) in [6.45, 7) is 12.5. The minimum Gasteiger partial charge on any atom is -0.456 e. The molecule has 60 heavy (non-hydrogen) atoms. The Labute approximate surface area is 353 Å². The van der Waals surface area contributed by atoms with Crippen LogP contribution in [0.15, 0.2) is 68.8 Å². The molecule has 1 heterocycles. The third kappa shape index (κ3) is 10.9. The van der Waals surface area contributed by atoms with E-state index >= 15 is 0 Å². The van der Waals surface area contributed by atoms with Crippen molar-refractivity contribution in [3.8, 4) is 34.3 Å². The zero-order valence-corrected chi connectivity index (χ0v) is 36.5. The second-order valence-electron chi connectivity index (χ2n) is 14.9. The molecule has 2 aromatic rings. The van der Waals surface area contributed by atoms with Crippen molar-refractivity contribution in [1.82, 2.24) is 14.6 Å². The molecule has 0 saturated heterocycles. The molecule has 14 nitrogen and oxygen atoms in total. The summed E-state index contributed by atoms with van der Waals surface area (Å²) in [6.07, 6.45) is 3.50. The highest BCUT2D eigenvalue weighted by molar-refractivity contribution is 7.89. The fourth-order valence-corrected chi connectivity index (χ4v) is 10.0. The summed E-state index contributed by atoms with van der Waals surface area (Å²) in [5.74, 6) is 8.50. The molecule has 4 aliphatic rings. The van der Waals surface area contributed by atoms with Crippen LogP contribution in [0.5, 0.6) is 0 Å². The smallest absolute Gasteiger partial charge is 0.407 e. The lowest BCUT2D eigenvalue weighted by molar-refractivity contribution is 0.0503. The lowest BCUT2D eigenvalue weighted by atomic mass is 9.93. The van der Waals surface area contributed by atoms with Gasteiger partial charge in [0.05, 0.1) is 44.0 Å². The SMILES string of the molecule is CCN(CC)c1ccc2c(-c3ccc(S(=O)(=O)NCCOCCOCCNC(=O)OCC4[C@H]5CCC#CCC[C@@H]45)cc3S(=O)(=O)O)c3ccc(=[N+](CC)CC)cc-3oc2c1. The van der Waals surface area contributed by atoms with Crippen molar-refractivity contribution in [2.24, 2.45) is 17.8 Å². The third-order valence-corrected chi connectivity index (χ3v) is 13.8. The number of carbonyl (C=O) groups excluding carboxylic acids is 1. The summed E-state index contributed by atoms with van der Waals surface area (Å²) >= 11 is 0. The van der Waals surface area contributed by atoms with Crippen LogP contribution in [-0.2, 0) is 34.4 Å². The number of sulfonamides is 1. The Morgan fingerprint density at radius 1 is 0.850 bits per heavy atom. The molecule has 0 aromatic heterocycles. The average Bonchev–Trinajstić information content (AvgIpc) is 3.88. The fraction of sp³-hybridized carbons (Fsp3) is 0.500. The number of nitrogens with zero attached hydrogens (tertiary/aromatic N) is 2. The molecule has 324 valence electrons. The molecule has 0 radical (unpaired) electrons. The van der Waals surface area contributed by atoms with E-state index < -0.39 is 31.1 Å². The fourth-order valence-electron chi connectivity index (χ4n) is 8.20. The minimum absolute atomic E-state index is 0.0160. The van der Waals surface area contributed by atoms with Crippen LogP contribution in [0.1, 0.15) is 53.4 Å². The molecule has 0 spiro atoms. The number of anilines is 1. The Morgan fingerprint density at radius 3 is 2.17 bits per heavy atom. The van der Waals surface area contributed by atoms with Crippen molar-refractivity contribution in [3.05, 3.63) is 60.0 Å². The van der Waals surface area contributed by atoms with Gasteiger partial charge in [-0.25, -0.2) is 22.5 Å². The highest BCUT2D eigenvalue weighted by atomic mass is 32.2. The number of hydrogen-bond acceptors (Lipinski definition) is 10. The molecule has 1 aliphatic heterocycles. The van der Waals surface area contributed by atoms with Crippen LogP contribution in [0.2, 0.25) is 0 Å². The summed E-state index contributed by atoms with van der Waals surface area (Å²) in [4.78, 5) is 13.4. The number of benzene rings is 3. The number of alkyl carbamates (subject to hydrolysis) is 1. The van der Waals surface area contributed by atoms with Gasteiger partial charge >= 0.3 is 6.09 Å². The standard InChI is InChI=1S/C44H56N4O10S2/c1-5-47(6-2)31-15-18-36-40(27-31)58-41-28-32(48(7-3)8-4)16-19-37(41)43(36)38-20-17-33(29-42(38)60(52,53)54)59(50,51)46-22-24-56-26-25-55-23-21-45-44(49)57-30-39-34-13-11-9-10-12-14-35(34)39/h15-20,27-29,34-35,39,46H,5-8,11-14,21-26,30H2,1-4H3,(H-,45,49,52,53,54)/p+1/t34-,35+,39?. The third-order valence-electron chi connectivity index (χ3n) is 11.4. The normalized spacial score (nSPS) is 17.6. The van der Waals surface area contributed by atoms with Crippen LogP contribution in [0.4, 0.5) is 10.5 Å². The van der Waals surface area contributed by atoms with Gasteiger partial charge in [-0.2, -0.15) is 8.42 Å². The summed E-state index contributed by atoms with van der Waals surface area (Å²) < 4.78 is 91.0. The largest absolute Gasteiger partial charge is 0.456 e. The highest BCUT2D eigenvalue weighted by Crippen LogP contribution is 2.52. The van der Waals surface area contributed by atoms with Gasteiger partial charge in [-0.15, -0.1) is 11.8 Å². The van der Waals surface area contributed by atoms with Gasteiger partial charge in [0.25, 0.3) is 10.1 Å². The van der Waals surface area contributed by atoms with Crippen molar-refractivity contribution in [3.63, 3.8) is 0 Å². The highest BCUT2D eigenvalue weighted by Gasteiger charge is 2.49. The quantitative estimate of drug-likeness (QED) is 0.0332. The first-order valence-electron chi connectivity index (χ1n) is 20.9. The average molecular weight is 866 g/mol. The van der Waals surface area contributed by atoms with Gasteiger partial charge in [-0.1, -0.05) is 6.07 Å². The summed E-state index contributed by atoms with van der Waals surface area (Å²) in [5, 5.41) is 4.21. The van der Waals surface area contributed by atoms with Crippen LogP contribution in [-0.4, -0.2) is 99.8 Å². The molecule has 3 atom stereocenters. The molecular weight excluding hydrogens is 809 g/mol. The minimum atomic E-state index is -4.93. The van der Waals surface area contributed by atoms with E-state index in [0.717, 1.165) is 69.0 Å². The van der Waals surface area contributed by atoms with Crippen LogP contribution in [0.3, 0.4) is 0 Å². The molecular formula is C44H57N4O10S2+. The van der Waals surface area contributed by atoms with Crippen molar-refractivity contribution >= 4 is 42.9 Å². The van der Waals surface area contributed by atoms with E-state index in [1.54, 1.807) is 0 Å². The summed E-state index contributed by atoms with van der Waals surface area (Å²) in [5.41, 5.74) is 2.63. The van der Waals surface area contributed by atoms with Gasteiger partial charge in [-0.05, 0) is 88.6 Å². The molecule has 1 amide bonds. The Balaban J connectivity index is 1.07. The van der Waals surface area contributed by atoms with Gasteiger partial charge in [0.15, 0.2) is 0 Å². The summed E-state index contributed by atoms with van der Waals surface area (Å²) in [7, 11) is -9.15. The maximum Gasteiger partial charge on any atom is 0.407 e. The first kappa shape index (κ1) is 45.0. The molecule has 1 saturated carbocycles. The number of hydrogen-bond donors (Lipinski definition) is 3. The Morgan fingerprint density at radius 2 is 1.52 bits per heavy atom. The number of amides is 1. The lowest BCUT2D eigenvalue weighted by Gasteiger charge is -2.22. The topological polar surface area (TPSA) is 177 Å². The van der Waals surface area contributed by atoms with Gasteiger partial charge in [-0.3, -0.25) is 4.55 Å². The van der Waals surface area contributed by atoms with Crippen LogP contribution in [0, 0.1) is 29.6 Å². The van der Waals surface area contributed by atoms with Crippen molar-refractivity contribution in [2.75, 3.05) is 77.2 Å². The molecule has 3 N–H and O–H groups in total. The zero-order chi connectivity index (χ0) is 42.9. The number of fused-ring (bicyclic) bond motifs is 3. The van der Waals surface area contributed by atoms with E-state index in [4.69, 9.17) is 18.6 Å². The predicted molar refractivity (Wildman–Crippen MR) is 231 cm³/mol. The first-order valence-corrected chi connectivity index (χ1v) is 23.8. The number of carbonyl (C=O) groups is 1.